The van der Waals surface area contributed by atoms with Gasteiger partial charge in [0.05, 0.1) is 7.11 Å². The average molecular weight is 360 g/mol. The van der Waals surface area contributed by atoms with Gasteiger partial charge in [-0.1, -0.05) is 43.7 Å². The summed E-state index contributed by atoms with van der Waals surface area (Å²) in [6.45, 7) is 7.71. The second-order valence-electron chi connectivity index (χ2n) is 7.80. The minimum atomic E-state index is -0.544. The Morgan fingerprint density at radius 2 is 1.96 bits per heavy atom. The van der Waals surface area contributed by atoms with E-state index in [4.69, 9.17) is 0 Å². The molecule has 0 bridgehead atoms. The van der Waals surface area contributed by atoms with Crippen molar-refractivity contribution >= 4 is 12.0 Å². The topological polar surface area (TPSA) is 58.6 Å². The van der Waals surface area contributed by atoms with Gasteiger partial charge in [-0.05, 0) is 50.0 Å². The number of nitrogens with one attached hydrogen (secondary N) is 1. The van der Waals surface area contributed by atoms with E-state index in [1.54, 1.807) is 0 Å². The quantitative estimate of drug-likeness (QED) is 0.844. The highest BCUT2D eigenvalue weighted by atomic mass is 16.5. The maximum atomic E-state index is 13.0. The van der Waals surface area contributed by atoms with Crippen molar-refractivity contribution in [1.29, 1.82) is 0 Å². The third-order valence-corrected chi connectivity index (χ3v) is 4.96. The van der Waals surface area contributed by atoms with Crippen LogP contribution in [0.5, 0.6) is 0 Å². The molecular formula is C21H32N2O3. The van der Waals surface area contributed by atoms with Crippen molar-refractivity contribution in [2.24, 2.45) is 11.8 Å². The summed E-state index contributed by atoms with van der Waals surface area (Å²) < 4.78 is 4.69. The van der Waals surface area contributed by atoms with E-state index in [-0.39, 0.29) is 5.91 Å². The molecule has 0 spiro atoms. The lowest BCUT2D eigenvalue weighted by Gasteiger charge is -2.35. The molecule has 1 aromatic carbocycles. The number of likely N-dealkylation sites (tertiary alicyclic amines) is 1. The Morgan fingerprint density at radius 3 is 2.58 bits per heavy atom. The lowest BCUT2D eigenvalue weighted by atomic mass is 9.90. The first-order chi connectivity index (χ1) is 12.4. The molecule has 1 fully saturated rings. The van der Waals surface area contributed by atoms with Crippen LogP contribution in [0.1, 0.15) is 44.2 Å². The Hall–Kier alpha value is -2.04. The van der Waals surface area contributed by atoms with Crippen molar-refractivity contribution in [3.63, 3.8) is 0 Å². The van der Waals surface area contributed by atoms with Crippen LogP contribution >= 0.6 is 0 Å². The summed E-state index contributed by atoms with van der Waals surface area (Å²) in [7, 11) is 1.32. The highest BCUT2D eigenvalue weighted by molar-refractivity contribution is 5.85. The molecular weight excluding hydrogens is 328 g/mol. The molecule has 0 unspecified atom stereocenters. The van der Waals surface area contributed by atoms with Gasteiger partial charge in [0.2, 0.25) is 5.91 Å². The number of nitrogens with zero attached hydrogens (tertiary/aromatic N) is 1. The number of rotatable bonds is 6. The SMILES string of the molecule is COC(=O)N[C@@H](CC(C)C)C(=O)N1CCC[C@@H](Cc2ccc(C)cc2)C1. The Labute approximate surface area is 157 Å². The third-order valence-electron chi connectivity index (χ3n) is 4.96. The van der Waals surface area contributed by atoms with Gasteiger partial charge in [-0.25, -0.2) is 4.79 Å². The lowest BCUT2D eigenvalue weighted by molar-refractivity contribution is -0.135. The number of methoxy groups -OCH3 is 1. The van der Waals surface area contributed by atoms with Gasteiger partial charge in [0, 0.05) is 13.1 Å². The molecule has 0 radical (unpaired) electrons. The number of hydrogen-bond acceptors (Lipinski definition) is 3. The Kier molecular flexibility index (Phi) is 7.49. The van der Waals surface area contributed by atoms with Gasteiger partial charge in [-0.15, -0.1) is 0 Å². The van der Waals surface area contributed by atoms with Crippen molar-refractivity contribution in [3.8, 4) is 0 Å². The highest BCUT2D eigenvalue weighted by Gasteiger charge is 2.30. The summed E-state index contributed by atoms with van der Waals surface area (Å²) in [6.07, 6.45) is 3.21. The highest BCUT2D eigenvalue weighted by Crippen LogP contribution is 2.22. The molecule has 1 N–H and O–H groups in total. The van der Waals surface area contributed by atoms with Gasteiger partial charge in [-0.3, -0.25) is 4.79 Å². The van der Waals surface area contributed by atoms with Crippen LogP contribution in [0, 0.1) is 18.8 Å². The van der Waals surface area contributed by atoms with Gasteiger partial charge in [0.25, 0.3) is 0 Å². The molecule has 26 heavy (non-hydrogen) atoms. The largest absolute Gasteiger partial charge is 0.453 e. The van der Waals surface area contributed by atoms with Crippen LogP contribution in [0.2, 0.25) is 0 Å². The molecule has 1 aliphatic rings. The summed E-state index contributed by atoms with van der Waals surface area (Å²) in [4.78, 5) is 26.5. The second-order valence-corrected chi connectivity index (χ2v) is 7.80. The molecule has 1 aliphatic heterocycles. The van der Waals surface area contributed by atoms with E-state index in [0.29, 0.717) is 18.3 Å². The van der Waals surface area contributed by atoms with Crippen molar-refractivity contribution in [1.82, 2.24) is 10.2 Å². The standard InChI is InChI=1S/C21H32N2O3/c1-15(2)12-19(22-21(25)26-4)20(24)23-11-5-6-18(14-23)13-17-9-7-16(3)8-10-17/h7-10,15,18-19H,5-6,11-14H2,1-4H3,(H,22,25)/t18-,19-/m0/s1. The zero-order valence-electron chi connectivity index (χ0n) is 16.5. The van der Waals surface area contributed by atoms with Crippen LogP contribution in [0.3, 0.4) is 0 Å². The maximum Gasteiger partial charge on any atom is 0.407 e. The summed E-state index contributed by atoms with van der Waals surface area (Å²) in [5.74, 6) is 0.792. The fraction of sp³-hybridized carbons (Fsp3) is 0.619. The number of carbonyl (C=O) groups is 2. The van der Waals surface area contributed by atoms with Crippen LogP contribution in [0.15, 0.2) is 24.3 Å². The van der Waals surface area contributed by atoms with E-state index in [0.717, 1.165) is 32.4 Å². The summed E-state index contributed by atoms with van der Waals surface area (Å²) in [5.41, 5.74) is 2.58. The van der Waals surface area contributed by atoms with Gasteiger partial charge >= 0.3 is 6.09 Å². The van der Waals surface area contributed by atoms with Crippen molar-refractivity contribution in [2.45, 2.75) is 52.5 Å². The van der Waals surface area contributed by atoms with Crippen LogP contribution in [0.4, 0.5) is 4.79 Å². The molecule has 0 aromatic heterocycles. The number of hydrogen-bond donors (Lipinski definition) is 1. The number of piperidine rings is 1. The van der Waals surface area contributed by atoms with Crippen LogP contribution in [0.25, 0.3) is 0 Å². The van der Waals surface area contributed by atoms with Gasteiger partial charge < -0.3 is 15.0 Å². The fourth-order valence-corrected chi connectivity index (χ4v) is 3.60. The zero-order valence-corrected chi connectivity index (χ0v) is 16.5. The van der Waals surface area contributed by atoms with Crippen LogP contribution in [-0.2, 0) is 16.0 Å². The molecule has 2 rings (SSSR count). The zero-order chi connectivity index (χ0) is 19.1. The van der Waals surface area contributed by atoms with E-state index < -0.39 is 12.1 Å². The molecule has 0 saturated carbocycles. The number of alkyl carbamates (subject to hydrolysis) is 1. The molecule has 5 heteroatoms. The van der Waals surface area contributed by atoms with E-state index in [1.165, 1.54) is 18.2 Å². The van der Waals surface area contributed by atoms with Gasteiger partial charge in [0.15, 0.2) is 0 Å². The molecule has 2 atom stereocenters. The number of ether oxygens (including phenoxy) is 1. The smallest absolute Gasteiger partial charge is 0.407 e. The number of aryl methyl sites for hydroxylation is 1. The number of benzene rings is 1. The van der Waals surface area contributed by atoms with E-state index in [9.17, 15) is 9.59 Å². The molecule has 1 aromatic rings. The summed E-state index contributed by atoms with van der Waals surface area (Å²) >= 11 is 0. The summed E-state index contributed by atoms with van der Waals surface area (Å²) in [6, 6.07) is 8.12. The number of carbonyl (C=O) groups excluding carboxylic acids is 2. The van der Waals surface area contributed by atoms with Gasteiger partial charge in [0.1, 0.15) is 6.04 Å². The molecule has 1 heterocycles. The van der Waals surface area contributed by atoms with Crippen molar-refractivity contribution in [2.75, 3.05) is 20.2 Å². The monoisotopic (exact) mass is 360 g/mol. The summed E-state index contributed by atoms with van der Waals surface area (Å²) in [5, 5.41) is 2.71. The van der Waals surface area contributed by atoms with E-state index in [1.807, 2.05) is 4.90 Å². The van der Waals surface area contributed by atoms with Crippen LogP contribution < -0.4 is 5.32 Å². The predicted molar refractivity (Wildman–Crippen MR) is 103 cm³/mol. The van der Waals surface area contributed by atoms with Crippen molar-refractivity contribution < 1.29 is 14.3 Å². The minimum Gasteiger partial charge on any atom is -0.453 e. The average Bonchev–Trinajstić information content (AvgIpc) is 2.62. The first-order valence-electron chi connectivity index (χ1n) is 9.57. The first-order valence-corrected chi connectivity index (χ1v) is 9.57. The minimum absolute atomic E-state index is 0.0118. The Morgan fingerprint density at radius 1 is 1.27 bits per heavy atom. The number of amides is 2. The normalized spacial score (nSPS) is 18.5. The second kappa shape index (κ2) is 9.60. The van der Waals surface area contributed by atoms with Crippen LogP contribution in [-0.4, -0.2) is 43.1 Å². The third kappa shape index (κ3) is 6.04. The lowest BCUT2D eigenvalue weighted by Crippen LogP contribution is -2.52. The molecule has 5 nitrogen and oxygen atoms in total. The van der Waals surface area contributed by atoms with Crippen molar-refractivity contribution in [3.05, 3.63) is 35.4 Å². The predicted octanol–water partition coefficient (Wildman–Crippen LogP) is 3.55. The first kappa shape index (κ1) is 20.3. The molecule has 2 amide bonds. The van der Waals surface area contributed by atoms with E-state index >= 15 is 0 Å². The Bertz CT molecular complexity index is 598. The molecule has 0 aliphatic carbocycles. The fourth-order valence-electron chi connectivity index (χ4n) is 3.60. The Balaban J connectivity index is 1.99. The van der Waals surface area contributed by atoms with Gasteiger partial charge in [-0.2, -0.15) is 0 Å². The van der Waals surface area contributed by atoms with E-state index in [2.05, 4.69) is 55.1 Å². The maximum absolute atomic E-state index is 13.0. The molecule has 144 valence electrons. The molecule has 1 saturated heterocycles.